The minimum atomic E-state index is 0. The van der Waals surface area contributed by atoms with Crippen LogP contribution in [0, 0.1) is 0 Å². The van der Waals surface area contributed by atoms with E-state index >= 15 is 0 Å². The highest BCUT2D eigenvalue weighted by Crippen LogP contribution is 1.85. The number of imidazole rings is 1. The Labute approximate surface area is 88.9 Å². The van der Waals surface area contributed by atoms with E-state index < -0.39 is 0 Å². The van der Waals surface area contributed by atoms with E-state index in [-0.39, 0.29) is 48.0 Å². The molecule has 0 amide bonds. The van der Waals surface area contributed by atoms with Gasteiger partial charge < -0.3 is 4.98 Å². The summed E-state index contributed by atoms with van der Waals surface area (Å²) in [5, 5.41) is 0. The monoisotopic (exact) mass is 352 g/mol. The van der Waals surface area contributed by atoms with Gasteiger partial charge in [0.05, 0.1) is 0 Å². The first-order chi connectivity index (χ1) is 3.43. The molecule has 1 heterocycles. The zero-order chi connectivity index (χ0) is 5.11. The fourth-order valence-corrected chi connectivity index (χ4v) is 0.491. The maximum atomic E-state index is 3.98. The molecule has 9 heavy (non-hydrogen) atoms. The van der Waals surface area contributed by atoms with Gasteiger partial charge in [0.25, 0.3) is 0 Å². The van der Waals surface area contributed by atoms with Crippen molar-refractivity contribution < 1.29 is 0 Å². The predicted octanol–water partition coefficient (Wildman–Crippen LogP) is 2.21. The highest BCUT2D eigenvalue weighted by atomic mass is 127. The molecule has 1 aromatic rings. The number of rotatable bonds is 1. The molecule has 0 fully saturated rings. The van der Waals surface area contributed by atoms with E-state index in [9.17, 15) is 0 Å². The Morgan fingerprint density at radius 3 is 2.44 bits per heavy atom. The average Bonchev–Trinajstić information content (AvgIpc) is 2.14. The van der Waals surface area contributed by atoms with Gasteiger partial charge in [0.15, 0.2) is 0 Å². The van der Waals surface area contributed by atoms with Crippen LogP contribution in [0.4, 0.5) is 0 Å². The number of aromatic amines is 1. The van der Waals surface area contributed by atoms with Crippen molar-refractivity contribution in [1.29, 1.82) is 0 Å². The fourth-order valence-electron chi connectivity index (χ4n) is 0.491. The Morgan fingerprint density at radius 1 is 1.56 bits per heavy atom. The van der Waals surface area contributed by atoms with Crippen LogP contribution in [0.15, 0.2) is 12.4 Å². The molecule has 0 saturated carbocycles. The van der Waals surface area contributed by atoms with Crippen molar-refractivity contribution in [3.63, 3.8) is 0 Å². The van der Waals surface area contributed by atoms with E-state index in [1.807, 2.05) is 6.20 Å². The lowest BCUT2D eigenvalue weighted by molar-refractivity contribution is 0.990. The first-order valence-corrected chi connectivity index (χ1v) is 2.41. The van der Waals surface area contributed by atoms with E-state index in [2.05, 4.69) is 16.9 Å². The summed E-state index contributed by atoms with van der Waals surface area (Å²) in [6.07, 6.45) is 4.59. The molecular weight excluding hydrogens is 342 g/mol. The topological polar surface area (TPSA) is 28.7 Å². The van der Waals surface area contributed by atoms with Gasteiger partial charge in [0, 0.05) is 18.8 Å². The van der Waals surface area contributed by atoms with Crippen LogP contribution < -0.4 is 0 Å². The van der Waals surface area contributed by atoms with Crippen LogP contribution >= 0.6 is 48.0 Å². The third-order valence-corrected chi connectivity index (χ3v) is 0.890. The predicted molar refractivity (Wildman–Crippen MR) is 58.8 cm³/mol. The molecule has 0 spiro atoms. The van der Waals surface area contributed by atoms with Gasteiger partial charge in [-0.15, -0.1) is 48.0 Å². The summed E-state index contributed by atoms with van der Waals surface area (Å²) in [7, 11) is 0. The molecule has 0 saturated heterocycles. The van der Waals surface area contributed by atoms with Gasteiger partial charge >= 0.3 is 0 Å². The molecule has 0 atom stereocenters. The Bertz CT molecular complexity index is 128. The molecule has 0 aromatic carbocycles. The second kappa shape index (κ2) is 6.79. The van der Waals surface area contributed by atoms with Crippen molar-refractivity contribution in [3.8, 4) is 0 Å². The first-order valence-electron chi connectivity index (χ1n) is 2.41. The molecule has 1 N–H and O–H groups in total. The lowest BCUT2D eigenvalue weighted by Gasteiger charge is -1.79. The normalized spacial score (nSPS) is 7.22. The number of nitrogens with one attached hydrogen (secondary N) is 1. The smallest absolute Gasteiger partial charge is 0.105 e. The minimum Gasteiger partial charge on any atom is -0.349 e. The number of aryl methyl sites for hydroxylation is 1. The van der Waals surface area contributed by atoms with E-state index in [1.54, 1.807) is 6.20 Å². The highest BCUT2D eigenvalue weighted by molar-refractivity contribution is 14.0. The van der Waals surface area contributed by atoms with Crippen molar-refractivity contribution >= 4 is 48.0 Å². The molecule has 0 radical (unpaired) electrons. The zero-order valence-corrected chi connectivity index (χ0v) is 9.79. The molecule has 54 valence electrons. The third-order valence-electron chi connectivity index (χ3n) is 0.890. The van der Waals surface area contributed by atoms with E-state index in [0.29, 0.717) is 0 Å². The number of nitrogens with zero attached hydrogens (tertiary/aromatic N) is 1. The molecule has 0 aliphatic rings. The highest BCUT2D eigenvalue weighted by Gasteiger charge is 1.82. The first kappa shape index (κ1) is 12.4. The molecule has 0 bridgehead atoms. The standard InChI is InChI=1S/C5H8N2.2HI/c1-2-5-6-3-4-7-5;;/h3-4H,2H2,1H3,(H,6,7);2*1H. The largest absolute Gasteiger partial charge is 0.349 e. The Balaban J connectivity index is 0. The number of aromatic nitrogens is 2. The maximum absolute atomic E-state index is 3.98. The number of hydrogen-bond acceptors (Lipinski definition) is 1. The summed E-state index contributed by atoms with van der Waals surface area (Å²) in [6, 6.07) is 0. The SMILES string of the molecule is CCc1ncc[nH]1.I.I. The van der Waals surface area contributed by atoms with Crippen molar-refractivity contribution in [1.82, 2.24) is 9.97 Å². The van der Waals surface area contributed by atoms with E-state index in [4.69, 9.17) is 0 Å². The number of halogens is 2. The summed E-state index contributed by atoms with van der Waals surface area (Å²) in [5.41, 5.74) is 0. The van der Waals surface area contributed by atoms with Gasteiger partial charge in [0.2, 0.25) is 0 Å². The molecule has 0 aliphatic heterocycles. The Kier molecular flexibility index (Phi) is 9.32. The van der Waals surface area contributed by atoms with Gasteiger partial charge in [-0.3, -0.25) is 0 Å². The van der Waals surface area contributed by atoms with Crippen molar-refractivity contribution in [2.24, 2.45) is 0 Å². The molecular formula is C5H10I2N2. The molecule has 1 aromatic heterocycles. The second-order valence-electron chi connectivity index (χ2n) is 1.39. The van der Waals surface area contributed by atoms with Crippen LogP contribution in [0.2, 0.25) is 0 Å². The second-order valence-corrected chi connectivity index (χ2v) is 1.39. The molecule has 1 rings (SSSR count). The summed E-state index contributed by atoms with van der Waals surface area (Å²) in [5.74, 6) is 1.06. The molecule has 0 unspecified atom stereocenters. The molecule has 2 nitrogen and oxygen atoms in total. The summed E-state index contributed by atoms with van der Waals surface area (Å²) < 4.78 is 0. The molecule has 4 heteroatoms. The van der Waals surface area contributed by atoms with Gasteiger partial charge in [0.1, 0.15) is 5.82 Å². The Morgan fingerprint density at radius 2 is 2.22 bits per heavy atom. The summed E-state index contributed by atoms with van der Waals surface area (Å²) >= 11 is 0. The third kappa shape index (κ3) is 4.12. The number of hydrogen-bond donors (Lipinski definition) is 1. The van der Waals surface area contributed by atoms with Crippen molar-refractivity contribution in [2.45, 2.75) is 13.3 Å². The lowest BCUT2D eigenvalue weighted by atomic mass is 10.5. The lowest BCUT2D eigenvalue weighted by Crippen LogP contribution is -1.78. The van der Waals surface area contributed by atoms with E-state index in [0.717, 1.165) is 12.2 Å². The summed E-state index contributed by atoms with van der Waals surface area (Å²) in [4.78, 5) is 6.95. The van der Waals surface area contributed by atoms with Crippen LogP contribution in [0.25, 0.3) is 0 Å². The summed E-state index contributed by atoms with van der Waals surface area (Å²) in [6.45, 7) is 2.07. The Hall–Kier alpha value is 0.670. The van der Waals surface area contributed by atoms with Gasteiger partial charge in [-0.05, 0) is 0 Å². The maximum Gasteiger partial charge on any atom is 0.105 e. The van der Waals surface area contributed by atoms with Crippen LogP contribution in [-0.2, 0) is 6.42 Å². The minimum absolute atomic E-state index is 0. The van der Waals surface area contributed by atoms with Gasteiger partial charge in [-0.1, -0.05) is 6.92 Å². The van der Waals surface area contributed by atoms with Gasteiger partial charge in [-0.25, -0.2) is 4.98 Å². The fraction of sp³-hybridized carbons (Fsp3) is 0.400. The van der Waals surface area contributed by atoms with Gasteiger partial charge in [-0.2, -0.15) is 0 Å². The molecule has 0 aliphatic carbocycles. The van der Waals surface area contributed by atoms with Crippen molar-refractivity contribution in [2.75, 3.05) is 0 Å². The van der Waals surface area contributed by atoms with Crippen LogP contribution in [-0.4, -0.2) is 9.97 Å². The van der Waals surface area contributed by atoms with Crippen molar-refractivity contribution in [3.05, 3.63) is 18.2 Å². The zero-order valence-electron chi connectivity index (χ0n) is 5.13. The van der Waals surface area contributed by atoms with E-state index in [1.165, 1.54) is 0 Å². The average molecular weight is 352 g/mol. The quantitative estimate of drug-likeness (QED) is 0.772. The van der Waals surface area contributed by atoms with Crippen LogP contribution in [0.3, 0.4) is 0 Å². The van der Waals surface area contributed by atoms with Crippen LogP contribution in [0.5, 0.6) is 0 Å². The van der Waals surface area contributed by atoms with Crippen LogP contribution in [0.1, 0.15) is 12.7 Å². The number of H-pyrrole nitrogens is 1.